The number of sulfonamides is 1. The molecule has 1 aromatic rings. The molecule has 0 amide bonds. The second-order valence-electron chi connectivity index (χ2n) is 5.90. The van der Waals surface area contributed by atoms with Gasteiger partial charge in [0.2, 0.25) is 10.0 Å². The van der Waals surface area contributed by atoms with Gasteiger partial charge in [-0.25, -0.2) is 13.1 Å². The van der Waals surface area contributed by atoms with Crippen molar-refractivity contribution in [3.63, 3.8) is 0 Å². The number of hydrogen-bond acceptors (Lipinski definition) is 2. The molecule has 0 aliphatic rings. The number of benzene rings is 1. The van der Waals surface area contributed by atoms with Crippen molar-refractivity contribution in [3.05, 3.63) is 28.3 Å². The molecule has 120 valence electrons. The van der Waals surface area contributed by atoms with Crippen LogP contribution in [-0.4, -0.2) is 15.0 Å². The fraction of sp³-hybridized carbons (Fsp3) is 0.647. The van der Waals surface area contributed by atoms with E-state index in [2.05, 4.69) is 17.7 Å². The van der Waals surface area contributed by atoms with Crippen LogP contribution in [0.1, 0.15) is 61.3 Å². The lowest BCUT2D eigenvalue weighted by molar-refractivity contribution is 0.569. The molecule has 21 heavy (non-hydrogen) atoms. The van der Waals surface area contributed by atoms with Crippen LogP contribution in [0.4, 0.5) is 0 Å². The van der Waals surface area contributed by atoms with Gasteiger partial charge in [-0.15, -0.1) is 0 Å². The molecule has 0 radical (unpaired) electrons. The highest BCUT2D eigenvalue weighted by molar-refractivity contribution is 7.89. The fourth-order valence-corrected chi connectivity index (χ4v) is 4.28. The van der Waals surface area contributed by atoms with Gasteiger partial charge in [0.1, 0.15) is 0 Å². The van der Waals surface area contributed by atoms with E-state index in [-0.39, 0.29) is 0 Å². The van der Waals surface area contributed by atoms with E-state index in [9.17, 15) is 8.42 Å². The third kappa shape index (κ3) is 4.82. The Bertz CT molecular complexity index is 551. The zero-order valence-electron chi connectivity index (χ0n) is 14.0. The molecule has 0 unspecified atom stereocenters. The summed E-state index contributed by atoms with van der Waals surface area (Å²) < 4.78 is 27.9. The van der Waals surface area contributed by atoms with Crippen LogP contribution in [0.2, 0.25) is 0 Å². The van der Waals surface area contributed by atoms with Crippen molar-refractivity contribution in [2.75, 3.05) is 6.54 Å². The largest absolute Gasteiger partial charge is 0.241 e. The Morgan fingerprint density at radius 2 is 1.43 bits per heavy atom. The highest BCUT2D eigenvalue weighted by Crippen LogP contribution is 2.25. The van der Waals surface area contributed by atoms with E-state index >= 15 is 0 Å². The highest BCUT2D eigenvalue weighted by atomic mass is 32.2. The summed E-state index contributed by atoms with van der Waals surface area (Å²) in [5, 5.41) is 0. The summed E-state index contributed by atoms with van der Waals surface area (Å²) in [6.07, 6.45) is 5.60. The summed E-state index contributed by atoms with van der Waals surface area (Å²) in [5.74, 6) is 0. The van der Waals surface area contributed by atoms with Gasteiger partial charge in [-0.3, -0.25) is 0 Å². The van der Waals surface area contributed by atoms with Gasteiger partial charge in [0.05, 0.1) is 4.90 Å². The summed E-state index contributed by atoms with van der Waals surface area (Å²) in [4.78, 5) is 0.466. The average Bonchev–Trinajstić information content (AvgIpc) is 2.40. The third-order valence-electron chi connectivity index (χ3n) is 4.14. The topological polar surface area (TPSA) is 46.2 Å². The van der Waals surface area contributed by atoms with Crippen LogP contribution in [0, 0.1) is 27.7 Å². The Hall–Kier alpha value is -0.870. The number of rotatable bonds is 8. The standard InChI is InChI=1S/C17H29NO2S/c1-6-7-8-9-10-11-18-21(19,20)17-15(4)13(2)12-14(3)16(17)5/h12,18H,6-11H2,1-5H3. The molecular formula is C17H29NO2S. The second-order valence-corrected chi connectivity index (χ2v) is 7.61. The smallest absolute Gasteiger partial charge is 0.211 e. The van der Waals surface area contributed by atoms with E-state index in [1.807, 2.05) is 27.7 Å². The van der Waals surface area contributed by atoms with Gasteiger partial charge in [0, 0.05) is 6.54 Å². The van der Waals surface area contributed by atoms with Gasteiger partial charge < -0.3 is 0 Å². The molecule has 3 nitrogen and oxygen atoms in total. The molecule has 0 fully saturated rings. The zero-order valence-corrected chi connectivity index (χ0v) is 14.9. The molecule has 1 rings (SSSR count). The molecular weight excluding hydrogens is 282 g/mol. The number of nitrogens with one attached hydrogen (secondary N) is 1. The van der Waals surface area contributed by atoms with E-state index in [0.717, 1.165) is 35.1 Å². The number of unbranched alkanes of at least 4 members (excludes halogenated alkanes) is 4. The Labute approximate surface area is 130 Å². The van der Waals surface area contributed by atoms with Gasteiger partial charge in [0.25, 0.3) is 0 Å². The van der Waals surface area contributed by atoms with E-state index in [0.29, 0.717) is 11.4 Å². The fourth-order valence-electron chi connectivity index (χ4n) is 2.59. The van der Waals surface area contributed by atoms with Crippen molar-refractivity contribution in [2.24, 2.45) is 0 Å². The van der Waals surface area contributed by atoms with E-state index in [1.54, 1.807) is 0 Å². The summed E-state index contributed by atoms with van der Waals surface area (Å²) in [7, 11) is -3.41. The van der Waals surface area contributed by atoms with Crippen LogP contribution < -0.4 is 4.72 Å². The van der Waals surface area contributed by atoms with Crippen molar-refractivity contribution in [1.82, 2.24) is 4.72 Å². The van der Waals surface area contributed by atoms with Gasteiger partial charge >= 0.3 is 0 Å². The average molecular weight is 311 g/mol. The normalized spacial score (nSPS) is 11.9. The predicted molar refractivity (Wildman–Crippen MR) is 89.3 cm³/mol. The van der Waals surface area contributed by atoms with E-state index in [4.69, 9.17) is 0 Å². The molecule has 0 saturated carbocycles. The van der Waals surface area contributed by atoms with Crippen LogP contribution in [-0.2, 0) is 10.0 Å². The molecule has 0 saturated heterocycles. The van der Waals surface area contributed by atoms with Crippen LogP contribution in [0.25, 0.3) is 0 Å². The molecule has 0 spiro atoms. The minimum Gasteiger partial charge on any atom is -0.211 e. The second kappa shape index (κ2) is 7.95. The maximum atomic E-state index is 12.6. The maximum Gasteiger partial charge on any atom is 0.241 e. The van der Waals surface area contributed by atoms with Crippen LogP contribution >= 0.6 is 0 Å². The maximum absolute atomic E-state index is 12.6. The lowest BCUT2D eigenvalue weighted by atomic mass is 10.0. The summed E-state index contributed by atoms with van der Waals surface area (Å²) in [6.45, 7) is 10.4. The van der Waals surface area contributed by atoms with Gasteiger partial charge in [0.15, 0.2) is 0 Å². The first-order valence-corrected chi connectivity index (χ1v) is 9.36. The molecule has 0 heterocycles. The molecule has 0 aliphatic heterocycles. The van der Waals surface area contributed by atoms with Gasteiger partial charge in [-0.05, 0) is 56.4 Å². The molecule has 0 aromatic heterocycles. The number of hydrogen-bond donors (Lipinski definition) is 1. The quantitative estimate of drug-likeness (QED) is 0.732. The Kier molecular flexibility index (Phi) is 6.88. The van der Waals surface area contributed by atoms with Crippen LogP contribution in [0.5, 0.6) is 0 Å². The molecule has 0 aliphatic carbocycles. The minimum absolute atomic E-state index is 0.466. The van der Waals surface area contributed by atoms with Crippen molar-refractivity contribution < 1.29 is 8.42 Å². The van der Waals surface area contributed by atoms with Gasteiger partial charge in [-0.2, -0.15) is 0 Å². The Balaban J connectivity index is 2.80. The first-order valence-electron chi connectivity index (χ1n) is 7.88. The third-order valence-corrected chi connectivity index (χ3v) is 5.87. The Morgan fingerprint density at radius 1 is 0.905 bits per heavy atom. The van der Waals surface area contributed by atoms with Crippen molar-refractivity contribution >= 4 is 10.0 Å². The lowest BCUT2D eigenvalue weighted by Crippen LogP contribution is -2.26. The summed E-state index contributed by atoms with van der Waals surface area (Å²) in [6, 6.07) is 2.05. The van der Waals surface area contributed by atoms with Gasteiger partial charge in [-0.1, -0.05) is 38.7 Å². The minimum atomic E-state index is -3.41. The van der Waals surface area contributed by atoms with E-state index in [1.165, 1.54) is 19.3 Å². The first-order chi connectivity index (χ1) is 9.81. The van der Waals surface area contributed by atoms with Crippen LogP contribution in [0.15, 0.2) is 11.0 Å². The molecule has 1 aromatic carbocycles. The van der Waals surface area contributed by atoms with E-state index < -0.39 is 10.0 Å². The molecule has 0 atom stereocenters. The SMILES string of the molecule is CCCCCCCNS(=O)(=O)c1c(C)c(C)cc(C)c1C. The van der Waals surface area contributed by atoms with Crippen molar-refractivity contribution in [2.45, 2.75) is 71.6 Å². The zero-order chi connectivity index (χ0) is 16.0. The summed E-state index contributed by atoms with van der Waals surface area (Å²) >= 11 is 0. The Morgan fingerprint density at radius 3 is 1.95 bits per heavy atom. The first kappa shape index (κ1) is 18.2. The van der Waals surface area contributed by atoms with Crippen molar-refractivity contribution in [3.8, 4) is 0 Å². The van der Waals surface area contributed by atoms with Crippen LogP contribution in [0.3, 0.4) is 0 Å². The predicted octanol–water partition coefficient (Wildman–Crippen LogP) is 4.17. The number of aryl methyl sites for hydroxylation is 2. The van der Waals surface area contributed by atoms with Crippen molar-refractivity contribution in [1.29, 1.82) is 0 Å². The summed E-state index contributed by atoms with van der Waals surface area (Å²) in [5.41, 5.74) is 3.77. The molecule has 4 heteroatoms. The molecule has 1 N–H and O–H groups in total. The molecule has 0 bridgehead atoms. The monoisotopic (exact) mass is 311 g/mol. The highest BCUT2D eigenvalue weighted by Gasteiger charge is 2.21. The lowest BCUT2D eigenvalue weighted by Gasteiger charge is -2.16.